The standard InChI is InChI=1S/C20H19FN4O/c1-2-14-5-9-17(10-6-14)22-18-11-12-19(25-24-18)23-20(26)13-15-3-7-16(21)8-4-15/h3-12H,2,13H2,1H3,(H,22,24)(H,23,25,26). The van der Waals surface area contributed by atoms with Gasteiger partial charge in [0, 0.05) is 5.69 Å². The van der Waals surface area contributed by atoms with E-state index in [0.29, 0.717) is 11.6 Å². The Morgan fingerprint density at radius 3 is 2.12 bits per heavy atom. The van der Waals surface area contributed by atoms with Gasteiger partial charge in [0.2, 0.25) is 5.91 Å². The minimum Gasteiger partial charge on any atom is -0.339 e. The van der Waals surface area contributed by atoms with Crippen LogP contribution in [0.3, 0.4) is 0 Å². The van der Waals surface area contributed by atoms with Crippen LogP contribution < -0.4 is 10.6 Å². The van der Waals surface area contributed by atoms with Gasteiger partial charge >= 0.3 is 0 Å². The van der Waals surface area contributed by atoms with Crippen molar-refractivity contribution in [1.29, 1.82) is 0 Å². The highest BCUT2D eigenvalue weighted by Crippen LogP contribution is 2.16. The van der Waals surface area contributed by atoms with Crippen molar-refractivity contribution in [3.05, 3.63) is 77.6 Å². The number of aryl methyl sites for hydroxylation is 1. The smallest absolute Gasteiger partial charge is 0.229 e. The van der Waals surface area contributed by atoms with Crippen molar-refractivity contribution in [2.75, 3.05) is 10.6 Å². The Bertz CT molecular complexity index is 862. The van der Waals surface area contributed by atoms with Crippen molar-refractivity contribution >= 4 is 23.2 Å². The molecule has 0 fully saturated rings. The molecule has 2 aromatic carbocycles. The molecule has 1 heterocycles. The first kappa shape index (κ1) is 17.5. The second kappa shape index (κ2) is 8.20. The molecule has 0 aliphatic heterocycles. The molecule has 6 heteroatoms. The van der Waals surface area contributed by atoms with Crippen LogP contribution >= 0.6 is 0 Å². The summed E-state index contributed by atoms with van der Waals surface area (Å²) in [6.07, 6.45) is 1.14. The Balaban J connectivity index is 1.56. The SMILES string of the molecule is CCc1ccc(Nc2ccc(NC(=O)Cc3ccc(F)cc3)nn2)cc1. The van der Waals surface area contributed by atoms with Gasteiger partial charge < -0.3 is 10.6 Å². The molecule has 132 valence electrons. The lowest BCUT2D eigenvalue weighted by molar-refractivity contribution is -0.115. The predicted octanol–water partition coefficient (Wildman–Crippen LogP) is 4.10. The van der Waals surface area contributed by atoms with Gasteiger partial charge in [-0.05, 0) is 53.9 Å². The Labute approximate surface area is 151 Å². The molecule has 0 radical (unpaired) electrons. The first-order chi connectivity index (χ1) is 12.6. The molecule has 2 N–H and O–H groups in total. The van der Waals surface area contributed by atoms with Crippen molar-refractivity contribution in [3.63, 3.8) is 0 Å². The summed E-state index contributed by atoms with van der Waals surface area (Å²) < 4.78 is 12.9. The molecular weight excluding hydrogens is 331 g/mol. The van der Waals surface area contributed by atoms with Crippen molar-refractivity contribution in [2.24, 2.45) is 0 Å². The van der Waals surface area contributed by atoms with E-state index in [2.05, 4.69) is 39.9 Å². The number of benzene rings is 2. The van der Waals surface area contributed by atoms with E-state index in [4.69, 9.17) is 0 Å². The number of carbonyl (C=O) groups excluding carboxylic acids is 1. The van der Waals surface area contributed by atoms with E-state index in [1.165, 1.54) is 17.7 Å². The van der Waals surface area contributed by atoms with E-state index in [1.807, 2.05) is 12.1 Å². The minimum absolute atomic E-state index is 0.145. The third-order valence-electron chi connectivity index (χ3n) is 3.84. The minimum atomic E-state index is -0.326. The Morgan fingerprint density at radius 2 is 1.50 bits per heavy atom. The molecule has 3 aromatic rings. The Hall–Kier alpha value is -3.28. The quantitative estimate of drug-likeness (QED) is 0.702. The second-order valence-electron chi connectivity index (χ2n) is 5.83. The number of carbonyl (C=O) groups is 1. The van der Waals surface area contributed by atoms with Crippen LogP contribution in [0.2, 0.25) is 0 Å². The van der Waals surface area contributed by atoms with Crippen LogP contribution in [0, 0.1) is 5.82 Å². The molecule has 1 aromatic heterocycles. The number of nitrogens with one attached hydrogen (secondary N) is 2. The molecule has 0 saturated carbocycles. The number of rotatable bonds is 6. The summed E-state index contributed by atoms with van der Waals surface area (Å²) in [5.74, 6) is 0.393. The second-order valence-corrected chi connectivity index (χ2v) is 5.83. The van der Waals surface area contributed by atoms with Crippen LogP contribution in [0.1, 0.15) is 18.1 Å². The largest absolute Gasteiger partial charge is 0.339 e. The van der Waals surface area contributed by atoms with Crippen LogP contribution in [-0.2, 0) is 17.6 Å². The number of hydrogen-bond acceptors (Lipinski definition) is 4. The van der Waals surface area contributed by atoms with Crippen molar-refractivity contribution < 1.29 is 9.18 Å². The highest BCUT2D eigenvalue weighted by atomic mass is 19.1. The maximum absolute atomic E-state index is 12.9. The summed E-state index contributed by atoms with van der Waals surface area (Å²) in [6, 6.07) is 17.3. The monoisotopic (exact) mass is 350 g/mol. The number of hydrogen-bond donors (Lipinski definition) is 2. The lowest BCUT2D eigenvalue weighted by Gasteiger charge is -2.07. The molecule has 5 nitrogen and oxygen atoms in total. The average molecular weight is 350 g/mol. The van der Waals surface area contributed by atoms with Gasteiger partial charge in [-0.3, -0.25) is 4.79 Å². The maximum atomic E-state index is 12.9. The fourth-order valence-electron chi connectivity index (χ4n) is 2.41. The van der Waals surface area contributed by atoms with Crippen LogP contribution in [0.15, 0.2) is 60.7 Å². The van der Waals surface area contributed by atoms with E-state index in [1.54, 1.807) is 24.3 Å². The number of aromatic nitrogens is 2. The molecule has 0 atom stereocenters. The van der Waals surface area contributed by atoms with Crippen molar-refractivity contribution in [2.45, 2.75) is 19.8 Å². The van der Waals surface area contributed by atoms with Gasteiger partial charge in [-0.25, -0.2) is 4.39 Å². The third kappa shape index (κ3) is 4.86. The summed E-state index contributed by atoms with van der Waals surface area (Å²) in [6.45, 7) is 2.11. The van der Waals surface area contributed by atoms with E-state index < -0.39 is 0 Å². The van der Waals surface area contributed by atoms with Crippen LogP contribution in [0.4, 0.5) is 21.7 Å². The summed E-state index contributed by atoms with van der Waals surface area (Å²) >= 11 is 0. The fraction of sp³-hybridized carbons (Fsp3) is 0.150. The molecule has 3 rings (SSSR count). The van der Waals surface area contributed by atoms with Gasteiger partial charge in [-0.1, -0.05) is 31.2 Å². The van der Waals surface area contributed by atoms with E-state index in [9.17, 15) is 9.18 Å². The van der Waals surface area contributed by atoms with Crippen LogP contribution in [0.5, 0.6) is 0 Å². The average Bonchev–Trinajstić information content (AvgIpc) is 2.66. The van der Waals surface area contributed by atoms with E-state index >= 15 is 0 Å². The molecule has 26 heavy (non-hydrogen) atoms. The number of halogens is 1. The zero-order valence-corrected chi connectivity index (χ0v) is 14.4. The van der Waals surface area contributed by atoms with Crippen LogP contribution in [-0.4, -0.2) is 16.1 Å². The molecule has 0 aliphatic carbocycles. The van der Waals surface area contributed by atoms with Crippen molar-refractivity contribution in [3.8, 4) is 0 Å². The molecular formula is C20H19FN4O. The van der Waals surface area contributed by atoms with Gasteiger partial charge in [0.1, 0.15) is 5.82 Å². The van der Waals surface area contributed by atoms with Crippen molar-refractivity contribution in [1.82, 2.24) is 10.2 Å². The van der Waals surface area contributed by atoms with Crippen LogP contribution in [0.25, 0.3) is 0 Å². The highest BCUT2D eigenvalue weighted by Gasteiger charge is 2.06. The zero-order valence-electron chi connectivity index (χ0n) is 14.4. The van der Waals surface area contributed by atoms with Gasteiger partial charge in [0.25, 0.3) is 0 Å². The maximum Gasteiger partial charge on any atom is 0.229 e. The van der Waals surface area contributed by atoms with Gasteiger partial charge in [0.15, 0.2) is 11.6 Å². The van der Waals surface area contributed by atoms with Gasteiger partial charge in [0.05, 0.1) is 6.42 Å². The topological polar surface area (TPSA) is 66.9 Å². The number of nitrogens with zero attached hydrogens (tertiary/aromatic N) is 2. The normalized spacial score (nSPS) is 10.4. The lowest BCUT2D eigenvalue weighted by atomic mass is 10.1. The molecule has 1 amide bonds. The van der Waals surface area contributed by atoms with Gasteiger partial charge in [-0.2, -0.15) is 0 Å². The van der Waals surface area contributed by atoms with E-state index in [0.717, 1.165) is 17.7 Å². The summed E-state index contributed by atoms with van der Waals surface area (Å²) in [7, 11) is 0. The Morgan fingerprint density at radius 1 is 0.885 bits per heavy atom. The van der Waals surface area contributed by atoms with E-state index in [-0.39, 0.29) is 18.1 Å². The highest BCUT2D eigenvalue weighted by molar-refractivity contribution is 5.91. The molecule has 0 unspecified atom stereocenters. The number of amides is 1. The lowest BCUT2D eigenvalue weighted by Crippen LogP contribution is -2.15. The summed E-state index contributed by atoms with van der Waals surface area (Å²) in [4.78, 5) is 12.0. The molecule has 0 aliphatic rings. The molecule has 0 saturated heterocycles. The third-order valence-corrected chi connectivity index (χ3v) is 3.84. The molecule has 0 bridgehead atoms. The predicted molar refractivity (Wildman–Crippen MR) is 99.9 cm³/mol. The summed E-state index contributed by atoms with van der Waals surface area (Å²) in [5.41, 5.74) is 2.91. The Kier molecular flexibility index (Phi) is 5.53. The number of anilines is 3. The fourth-order valence-corrected chi connectivity index (χ4v) is 2.41. The summed E-state index contributed by atoms with van der Waals surface area (Å²) in [5, 5.41) is 13.9. The first-order valence-electron chi connectivity index (χ1n) is 8.36. The molecule has 0 spiro atoms. The zero-order chi connectivity index (χ0) is 18.4. The first-order valence-corrected chi connectivity index (χ1v) is 8.36. The van der Waals surface area contributed by atoms with Gasteiger partial charge in [-0.15, -0.1) is 10.2 Å².